The molecule has 1 heterocycles. The quantitative estimate of drug-likeness (QED) is 0.516. The van der Waals surface area contributed by atoms with Gasteiger partial charge in [-0.1, -0.05) is 82.9 Å². The van der Waals surface area contributed by atoms with Crippen molar-refractivity contribution >= 4 is 15.6 Å². The fourth-order valence-corrected chi connectivity index (χ4v) is 5.56. The summed E-state index contributed by atoms with van der Waals surface area (Å²) >= 11 is 0. The molecule has 0 unspecified atom stereocenters. The number of nitrogens with zero attached hydrogens (tertiary/aromatic N) is 1. The van der Waals surface area contributed by atoms with E-state index in [0.29, 0.717) is 18.0 Å². The van der Waals surface area contributed by atoms with E-state index in [-0.39, 0.29) is 0 Å². The van der Waals surface area contributed by atoms with E-state index >= 15 is 0 Å². The Morgan fingerprint density at radius 1 is 0.645 bits per heavy atom. The van der Waals surface area contributed by atoms with Crippen LogP contribution in [0.3, 0.4) is 0 Å². The molecule has 3 aromatic rings. The van der Waals surface area contributed by atoms with Crippen molar-refractivity contribution in [3.05, 3.63) is 106 Å². The Balaban J connectivity index is 1.66. The van der Waals surface area contributed by atoms with Crippen molar-refractivity contribution in [2.75, 3.05) is 13.1 Å². The highest BCUT2D eigenvalue weighted by molar-refractivity contribution is 7.89. The van der Waals surface area contributed by atoms with E-state index in [1.807, 2.05) is 19.1 Å². The fourth-order valence-electron chi connectivity index (χ4n) is 4.12. The topological polar surface area (TPSA) is 37.4 Å². The normalized spacial score (nSPS) is 15.1. The molecule has 4 rings (SSSR count). The molecular weight excluding hydrogens is 402 g/mol. The standard InChI is InChI=1S/C27H29NO2S/c1-20-4-10-23(11-5-20)27(24-12-6-21(2)7-13-24)25-16-18-28(19-17-25)31(29,30)26-14-8-22(3)9-15-26/h4-15H,16-19H2,1-3H3. The maximum atomic E-state index is 13.1. The van der Waals surface area contributed by atoms with Crippen molar-refractivity contribution in [2.45, 2.75) is 38.5 Å². The van der Waals surface area contributed by atoms with Crippen LogP contribution < -0.4 is 0 Å². The molecule has 1 fully saturated rings. The summed E-state index contributed by atoms with van der Waals surface area (Å²) < 4.78 is 27.8. The van der Waals surface area contributed by atoms with Crippen molar-refractivity contribution < 1.29 is 8.42 Å². The highest BCUT2D eigenvalue weighted by Gasteiger charge is 2.28. The highest BCUT2D eigenvalue weighted by Crippen LogP contribution is 2.34. The van der Waals surface area contributed by atoms with Crippen molar-refractivity contribution in [3.8, 4) is 0 Å². The molecule has 3 aromatic carbocycles. The Hall–Kier alpha value is -2.69. The largest absolute Gasteiger partial charge is 0.243 e. The van der Waals surface area contributed by atoms with Crippen LogP contribution in [-0.4, -0.2) is 25.8 Å². The van der Waals surface area contributed by atoms with E-state index in [1.54, 1.807) is 16.4 Å². The Morgan fingerprint density at radius 2 is 1.03 bits per heavy atom. The zero-order valence-electron chi connectivity index (χ0n) is 18.4. The molecule has 0 bridgehead atoms. The Labute approximate surface area is 186 Å². The smallest absolute Gasteiger partial charge is 0.207 e. The van der Waals surface area contributed by atoms with E-state index in [4.69, 9.17) is 0 Å². The second kappa shape index (κ2) is 8.81. The molecule has 31 heavy (non-hydrogen) atoms. The van der Waals surface area contributed by atoms with Gasteiger partial charge in [0.2, 0.25) is 10.0 Å². The lowest BCUT2D eigenvalue weighted by Gasteiger charge is -2.29. The SMILES string of the molecule is Cc1ccc(C(=C2CCN(S(=O)(=O)c3ccc(C)cc3)CC2)c2ccc(C)cc2)cc1. The van der Waals surface area contributed by atoms with Crippen LogP contribution in [0.5, 0.6) is 0 Å². The number of benzene rings is 3. The predicted molar refractivity (Wildman–Crippen MR) is 128 cm³/mol. The number of hydrogen-bond acceptors (Lipinski definition) is 2. The third kappa shape index (κ3) is 4.65. The highest BCUT2D eigenvalue weighted by atomic mass is 32.2. The minimum absolute atomic E-state index is 0.378. The minimum atomic E-state index is -3.46. The first-order valence-electron chi connectivity index (χ1n) is 10.8. The summed E-state index contributed by atoms with van der Waals surface area (Å²) in [4.78, 5) is 0.378. The van der Waals surface area contributed by atoms with Crippen molar-refractivity contribution in [1.82, 2.24) is 4.31 Å². The molecular formula is C27H29NO2S. The summed E-state index contributed by atoms with van der Waals surface area (Å²) in [5.41, 5.74) is 8.48. The van der Waals surface area contributed by atoms with Crippen LogP contribution >= 0.6 is 0 Å². The molecule has 1 saturated heterocycles. The van der Waals surface area contributed by atoms with E-state index in [0.717, 1.165) is 18.4 Å². The summed E-state index contributed by atoms with van der Waals surface area (Å²) in [6.07, 6.45) is 1.48. The summed E-state index contributed by atoms with van der Waals surface area (Å²) in [6.45, 7) is 7.17. The van der Waals surface area contributed by atoms with E-state index in [2.05, 4.69) is 62.4 Å². The van der Waals surface area contributed by atoms with Crippen LogP contribution in [0.15, 0.2) is 83.3 Å². The first-order valence-corrected chi connectivity index (χ1v) is 12.2. The molecule has 0 N–H and O–H groups in total. The maximum Gasteiger partial charge on any atom is 0.243 e. The van der Waals surface area contributed by atoms with Gasteiger partial charge in [-0.05, 0) is 62.4 Å². The number of piperidine rings is 1. The van der Waals surface area contributed by atoms with Crippen LogP contribution in [-0.2, 0) is 10.0 Å². The molecule has 0 radical (unpaired) electrons. The van der Waals surface area contributed by atoms with E-state index in [9.17, 15) is 8.42 Å². The zero-order chi connectivity index (χ0) is 22.0. The van der Waals surface area contributed by atoms with Crippen molar-refractivity contribution in [3.63, 3.8) is 0 Å². The molecule has 4 heteroatoms. The number of aryl methyl sites for hydroxylation is 3. The van der Waals surface area contributed by atoms with E-state index in [1.165, 1.54) is 33.4 Å². The second-order valence-corrected chi connectivity index (χ2v) is 10.4. The lowest BCUT2D eigenvalue weighted by Crippen LogP contribution is -2.36. The molecule has 0 aliphatic carbocycles. The Morgan fingerprint density at radius 3 is 1.45 bits per heavy atom. The molecule has 1 aliphatic rings. The van der Waals surface area contributed by atoms with Gasteiger partial charge in [-0.25, -0.2) is 8.42 Å². The van der Waals surface area contributed by atoms with Crippen LogP contribution in [0.2, 0.25) is 0 Å². The van der Waals surface area contributed by atoms with Gasteiger partial charge in [0.1, 0.15) is 0 Å². The van der Waals surface area contributed by atoms with Gasteiger partial charge in [0.15, 0.2) is 0 Å². The first-order chi connectivity index (χ1) is 14.8. The zero-order valence-corrected chi connectivity index (χ0v) is 19.2. The number of sulfonamides is 1. The second-order valence-electron chi connectivity index (χ2n) is 8.43. The average molecular weight is 432 g/mol. The number of hydrogen-bond donors (Lipinski definition) is 0. The van der Waals surface area contributed by atoms with Crippen LogP contribution in [0.4, 0.5) is 0 Å². The molecule has 0 aromatic heterocycles. The van der Waals surface area contributed by atoms with Gasteiger partial charge >= 0.3 is 0 Å². The summed E-state index contributed by atoms with van der Waals surface area (Å²) in [7, 11) is -3.46. The van der Waals surface area contributed by atoms with Crippen LogP contribution in [0.1, 0.15) is 40.7 Å². The van der Waals surface area contributed by atoms with Gasteiger partial charge in [0.05, 0.1) is 4.90 Å². The molecule has 0 spiro atoms. The Kier molecular flexibility index (Phi) is 6.12. The average Bonchev–Trinajstić information content (AvgIpc) is 2.77. The lowest BCUT2D eigenvalue weighted by molar-refractivity contribution is 0.387. The molecule has 0 saturated carbocycles. The van der Waals surface area contributed by atoms with Crippen LogP contribution in [0, 0.1) is 20.8 Å². The molecule has 160 valence electrons. The van der Waals surface area contributed by atoms with Gasteiger partial charge in [-0.2, -0.15) is 4.31 Å². The molecule has 0 amide bonds. The molecule has 0 atom stereocenters. The summed E-state index contributed by atoms with van der Waals surface area (Å²) in [5.74, 6) is 0. The van der Waals surface area contributed by atoms with Gasteiger partial charge in [-0.3, -0.25) is 0 Å². The van der Waals surface area contributed by atoms with Gasteiger partial charge < -0.3 is 0 Å². The lowest BCUT2D eigenvalue weighted by atomic mass is 9.88. The monoisotopic (exact) mass is 431 g/mol. The van der Waals surface area contributed by atoms with Gasteiger partial charge in [0.25, 0.3) is 0 Å². The maximum absolute atomic E-state index is 13.1. The summed E-state index contributed by atoms with van der Waals surface area (Å²) in [6, 6.07) is 24.4. The van der Waals surface area contributed by atoms with Gasteiger partial charge in [0, 0.05) is 13.1 Å². The third-order valence-corrected chi connectivity index (χ3v) is 7.93. The third-order valence-electron chi connectivity index (χ3n) is 6.02. The molecule has 3 nitrogen and oxygen atoms in total. The van der Waals surface area contributed by atoms with E-state index < -0.39 is 10.0 Å². The first kappa shape index (κ1) is 21.5. The van der Waals surface area contributed by atoms with Gasteiger partial charge in [-0.15, -0.1) is 0 Å². The summed E-state index contributed by atoms with van der Waals surface area (Å²) in [5, 5.41) is 0. The van der Waals surface area contributed by atoms with Crippen molar-refractivity contribution in [1.29, 1.82) is 0 Å². The molecule has 1 aliphatic heterocycles. The van der Waals surface area contributed by atoms with Crippen LogP contribution in [0.25, 0.3) is 5.57 Å². The predicted octanol–water partition coefficient (Wildman–Crippen LogP) is 5.90. The minimum Gasteiger partial charge on any atom is -0.207 e. The Bertz CT molecular complexity index is 1130. The fraction of sp³-hybridized carbons (Fsp3) is 0.259. The van der Waals surface area contributed by atoms with Crippen molar-refractivity contribution in [2.24, 2.45) is 0 Å². The number of rotatable bonds is 4.